The van der Waals surface area contributed by atoms with Crippen LogP contribution in [0.4, 0.5) is 11.4 Å². The second-order valence-electron chi connectivity index (χ2n) is 11.5. The Hall–Kier alpha value is -5.34. The van der Waals surface area contributed by atoms with Crippen molar-refractivity contribution in [2.45, 2.75) is 32.6 Å². The minimum absolute atomic E-state index is 0.0642. The minimum Gasteiger partial charge on any atom is -0.252 e. The monoisotopic (exact) mass is 582 g/mol. The Kier molecular flexibility index (Phi) is 9.22. The highest BCUT2D eigenvalue weighted by atomic mass is 14.8. The van der Waals surface area contributed by atoms with Crippen molar-refractivity contribution in [1.29, 1.82) is 0 Å². The second-order valence-corrected chi connectivity index (χ2v) is 11.5. The van der Waals surface area contributed by atoms with Crippen molar-refractivity contribution < 1.29 is 0 Å². The fourth-order valence-corrected chi connectivity index (χ4v) is 6.05. The summed E-state index contributed by atoms with van der Waals surface area (Å²) in [6.07, 6.45) is 0. The van der Waals surface area contributed by atoms with Gasteiger partial charge < -0.3 is 0 Å². The molecule has 2 nitrogen and oxygen atoms in total. The summed E-state index contributed by atoms with van der Waals surface area (Å²) in [6.45, 7) is 6.28. The third kappa shape index (κ3) is 6.92. The van der Waals surface area contributed by atoms with E-state index in [1.807, 2.05) is 0 Å². The van der Waals surface area contributed by atoms with Crippen molar-refractivity contribution in [3.05, 3.63) is 203 Å². The molecule has 0 unspecified atom stereocenters. The van der Waals surface area contributed by atoms with Gasteiger partial charge in [0.25, 0.3) is 0 Å². The van der Waals surface area contributed by atoms with Crippen LogP contribution in [0.25, 0.3) is 0 Å². The Bertz CT molecular complexity index is 1830. The molecule has 2 heteroatoms. The molecule has 0 radical (unpaired) electrons. The van der Waals surface area contributed by atoms with E-state index in [2.05, 4.69) is 185 Å². The van der Waals surface area contributed by atoms with Crippen molar-refractivity contribution in [2.24, 2.45) is 9.98 Å². The average Bonchev–Trinajstić information content (AvgIpc) is 3.09. The normalized spacial score (nSPS) is 12.1. The maximum atomic E-state index is 5.24. The second kappa shape index (κ2) is 14.0. The van der Waals surface area contributed by atoms with Gasteiger partial charge in [0.15, 0.2) is 0 Å². The molecule has 0 fully saturated rings. The zero-order chi connectivity index (χ0) is 31.0. The van der Waals surface area contributed by atoms with Gasteiger partial charge in [-0.15, -0.1) is 0 Å². The molecule has 0 atom stereocenters. The first-order valence-electron chi connectivity index (χ1n) is 15.6. The van der Waals surface area contributed by atoms with Crippen LogP contribution in [-0.2, 0) is 0 Å². The lowest BCUT2D eigenvalue weighted by Crippen LogP contribution is -2.08. The summed E-state index contributed by atoms with van der Waals surface area (Å²) in [4.78, 5) is 10.5. The molecule has 0 bridgehead atoms. The smallest absolute Gasteiger partial charge is 0.0675 e. The molecular formula is C43H38N2. The third-order valence-electron chi connectivity index (χ3n) is 8.37. The van der Waals surface area contributed by atoms with Gasteiger partial charge in [-0.1, -0.05) is 157 Å². The fraction of sp³-hybridized carbons (Fsp3) is 0.116. The van der Waals surface area contributed by atoms with Gasteiger partial charge in [0.1, 0.15) is 0 Å². The predicted octanol–water partition coefficient (Wildman–Crippen LogP) is 11.2. The molecule has 6 aromatic rings. The Morgan fingerprint density at radius 1 is 0.400 bits per heavy atom. The van der Waals surface area contributed by atoms with Crippen molar-refractivity contribution in [3.63, 3.8) is 0 Å². The number of nitrogens with zero attached hydrogens (tertiary/aromatic N) is 2. The largest absolute Gasteiger partial charge is 0.252 e. The van der Waals surface area contributed by atoms with Gasteiger partial charge in [0.2, 0.25) is 0 Å². The summed E-state index contributed by atoms with van der Waals surface area (Å²) in [5.74, 6) is 0.132. The van der Waals surface area contributed by atoms with Crippen LogP contribution >= 0.6 is 0 Å². The maximum absolute atomic E-state index is 5.24. The summed E-state index contributed by atoms with van der Waals surface area (Å²) < 4.78 is 0. The zero-order valence-corrected chi connectivity index (χ0v) is 26.1. The van der Waals surface area contributed by atoms with Crippen LogP contribution < -0.4 is 0 Å². The van der Waals surface area contributed by atoms with E-state index in [9.17, 15) is 0 Å². The first kappa shape index (κ1) is 29.7. The van der Waals surface area contributed by atoms with E-state index < -0.39 is 0 Å². The van der Waals surface area contributed by atoms with Gasteiger partial charge in [0, 0.05) is 11.8 Å². The highest BCUT2D eigenvalue weighted by Crippen LogP contribution is 2.39. The van der Waals surface area contributed by atoms with Gasteiger partial charge in [-0.2, -0.15) is 0 Å². The number of aryl methyl sites for hydroxylation is 1. The van der Waals surface area contributed by atoms with Crippen molar-refractivity contribution in [3.8, 4) is 0 Å². The van der Waals surface area contributed by atoms with Crippen LogP contribution in [0, 0.1) is 6.92 Å². The van der Waals surface area contributed by atoms with Crippen LogP contribution in [0.5, 0.6) is 0 Å². The average molecular weight is 583 g/mol. The Morgan fingerprint density at radius 3 is 1.20 bits per heavy atom. The van der Waals surface area contributed by atoms with Crippen LogP contribution in [0.3, 0.4) is 0 Å². The number of para-hydroxylation sites is 1. The van der Waals surface area contributed by atoms with Crippen LogP contribution in [0.15, 0.2) is 174 Å². The summed E-state index contributed by atoms with van der Waals surface area (Å²) in [6, 6.07) is 57.9. The zero-order valence-electron chi connectivity index (χ0n) is 26.1. The third-order valence-corrected chi connectivity index (χ3v) is 8.37. The highest BCUT2D eigenvalue weighted by molar-refractivity contribution is 6.41. The number of hydrogen-bond donors (Lipinski definition) is 0. The summed E-state index contributed by atoms with van der Waals surface area (Å²) in [7, 11) is 0. The van der Waals surface area contributed by atoms with E-state index >= 15 is 0 Å². The van der Waals surface area contributed by atoms with Gasteiger partial charge in [0.05, 0.1) is 22.8 Å². The first-order chi connectivity index (χ1) is 22.1. The van der Waals surface area contributed by atoms with Crippen molar-refractivity contribution in [2.75, 3.05) is 0 Å². The molecule has 220 valence electrons. The van der Waals surface area contributed by atoms with Crippen molar-refractivity contribution >= 4 is 22.8 Å². The number of hydrogen-bond acceptors (Lipinski definition) is 2. The van der Waals surface area contributed by atoms with Crippen LogP contribution in [0.1, 0.15) is 64.6 Å². The van der Waals surface area contributed by atoms with E-state index in [0.29, 0.717) is 0 Å². The van der Waals surface area contributed by atoms with Gasteiger partial charge in [-0.05, 0) is 66.3 Å². The molecule has 0 saturated carbocycles. The molecule has 0 N–H and O–H groups in total. The highest BCUT2D eigenvalue weighted by Gasteiger charge is 2.21. The minimum atomic E-state index is 0.0642. The molecular weight excluding hydrogens is 544 g/mol. The molecule has 0 aliphatic carbocycles. The van der Waals surface area contributed by atoms with Crippen LogP contribution in [0.2, 0.25) is 0 Å². The first-order valence-corrected chi connectivity index (χ1v) is 15.6. The number of aliphatic imine (C=N–C) groups is 2. The van der Waals surface area contributed by atoms with Gasteiger partial charge in [-0.3, -0.25) is 9.98 Å². The lowest BCUT2D eigenvalue weighted by molar-refractivity contribution is 0.973. The molecule has 0 aromatic heterocycles. The molecule has 0 amide bonds. The van der Waals surface area contributed by atoms with Gasteiger partial charge in [-0.25, -0.2) is 0 Å². The molecule has 0 aliphatic heterocycles. The van der Waals surface area contributed by atoms with Crippen molar-refractivity contribution in [1.82, 2.24) is 0 Å². The Morgan fingerprint density at radius 2 is 0.756 bits per heavy atom. The quantitative estimate of drug-likeness (QED) is 0.120. The molecule has 6 rings (SSSR count). The summed E-state index contributed by atoms with van der Waals surface area (Å²) in [5, 5.41) is 0. The maximum Gasteiger partial charge on any atom is 0.0675 e. The van der Waals surface area contributed by atoms with E-state index in [1.165, 1.54) is 38.9 Å². The number of rotatable bonds is 9. The molecule has 0 saturated heterocycles. The molecule has 0 spiro atoms. The van der Waals surface area contributed by atoms with E-state index in [-0.39, 0.29) is 11.8 Å². The number of benzene rings is 6. The predicted molar refractivity (Wildman–Crippen MR) is 191 cm³/mol. The van der Waals surface area contributed by atoms with Gasteiger partial charge >= 0.3 is 0 Å². The Balaban J connectivity index is 1.42. The molecule has 45 heavy (non-hydrogen) atoms. The molecule has 0 heterocycles. The van der Waals surface area contributed by atoms with E-state index in [4.69, 9.17) is 9.98 Å². The molecule has 0 aliphatic rings. The summed E-state index contributed by atoms with van der Waals surface area (Å²) in [5.41, 5.74) is 12.3. The standard InChI is InChI=1S/C43H38N2/c1-31-28-29-41(39(30-31)43(36-22-12-6-13-23-36)37-24-14-7-15-25-37)45-33(3)32(2)44-40-27-17-16-26-38(40)42(34-18-8-4-9-19-34)35-20-10-5-11-21-35/h4-30,42-43H,1-3H3. The van der Waals surface area contributed by atoms with E-state index in [1.54, 1.807) is 0 Å². The SMILES string of the molecule is CC(=Nc1ccccc1C(c1ccccc1)c1ccccc1)C(C)=Nc1ccc(C)cc1C(c1ccccc1)c1ccccc1. The lowest BCUT2D eigenvalue weighted by Gasteiger charge is -2.22. The fourth-order valence-electron chi connectivity index (χ4n) is 6.05. The van der Waals surface area contributed by atoms with Crippen LogP contribution in [-0.4, -0.2) is 11.4 Å². The summed E-state index contributed by atoms with van der Waals surface area (Å²) >= 11 is 0. The van der Waals surface area contributed by atoms with E-state index in [0.717, 1.165) is 22.8 Å². The molecule has 6 aromatic carbocycles. The Labute approximate surface area is 267 Å². The topological polar surface area (TPSA) is 24.7 Å². The lowest BCUT2D eigenvalue weighted by atomic mass is 9.83.